The van der Waals surface area contributed by atoms with Crippen LogP contribution in [-0.4, -0.2) is 39.5 Å². The van der Waals surface area contributed by atoms with Crippen molar-refractivity contribution in [3.8, 4) is 17.0 Å². The van der Waals surface area contributed by atoms with Crippen molar-refractivity contribution in [2.75, 3.05) is 17.2 Å². The molecule has 13 heteroatoms. The fraction of sp³-hybridized carbons (Fsp3) is 0.111. The van der Waals surface area contributed by atoms with Crippen LogP contribution in [0.4, 0.5) is 16.5 Å². The Bertz CT molecular complexity index is 2000. The number of hydrogen-bond donors (Lipinski definition) is 3. The highest BCUT2D eigenvalue weighted by molar-refractivity contribution is 8.00. The minimum absolute atomic E-state index is 0.0283. The van der Waals surface area contributed by atoms with Crippen molar-refractivity contribution in [3.63, 3.8) is 0 Å². The maximum atomic E-state index is 13.5. The number of amides is 3. The second kappa shape index (κ2) is 16.4. The summed E-state index contributed by atoms with van der Waals surface area (Å²) < 4.78 is 5.71. The number of thiazole rings is 1. The second-order valence-electron chi connectivity index (χ2n) is 10.4. The van der Waals surface area contributed by atoms with Gasteiger partial charge in [0.1, 0.15) is 11.4 Å². The normalized spacial score (nSPS) is 11.7. The lowest BCUT2D eigenvalue weighted by Gasteiger charge is -2.14. The molecule has 1 aromatic heterocycles. The predicted molar refractivity (Wildman–Crippen MR) is 193 cm³/mol. The first kappa shape index (κ1) is 34.5. The smallest absolute Gasteiger partial charge is 0.272 e. The van der Waals surface area contributed by atoms with Crippen LogP contribution < -0.4 is 20.7 Å². The second-order valence-corrected chi connectivity index (χ2v) is 12.7. The van der Waals surface area contributed by atoms with Gasteiger partial charge in [-0.15, -0.1) is 23.1 Å². The van der Waals surface area contributed by atoms with Crippen molar-refractivity contribution in [1.82, 2.24) is 10.3 Å². The molecule has 0 spiro atoms. The van der Waals surface area contributed by atoms with Crippen LogP contribution in [-0.2, 0) is 9.59 Å². The number of carbonyl (C=O) groups is 3. The summed E-state index contributed by atoms with van der Waals surface area (Å²) in [7, 11) is 0. The first-order valence-electron chi connectivity index (χ1n) is 15.1. The van der Waals surface area contributed by atoms with E-state index < -0.39 is 22.0 Å². The maximum absolute atomic E-state index is 13.5. The molecule has 0 bridgehead atoms. The summed E-state index contributed by atoms with van der Waals surface area (Å²) in [6.07, 6.45) is 1.57. The van der Waals surface area contributed by atoms with E-state index in [2.05, 4.69) is 20.9 Å². The van der Waals surface area contributed by atoms with Gasteiger partial charge < -0.3 is 20.7 Å². The van der Waals surface area contributed by atoms with Crippen LogP contribution in [0.5, 0.6) is 5.75 Å². The lowest BCUT2D eigenvalue weighted by atomic mass is 10.1. The molecule has 1 unspecified atom stereocenters. The van der Waals surface area contributed by atoms with Crippen LogP contribution in [0.15, 0.2) is 119 Å². The Morgan fingerprint density at radius 1 is 0.959 bits per heavy atom. The number of aromatic nitrogens is 1. The zero-order chi connectivity index (χ0) is 34.8. The summed E-state index contributed by atoms with van der Waals surface area (Å²) in [5.41, 5.74) is 2.61. The summed E-state index contributed by atoms with van der Waals surface area (Å²) >= 11 is 2.55. The topological polar surface area (TPSA) is 153 Å². The molecule has 3 amide bonds. The molecular formula is C36H31N5O6S2. The Kier molecular flexibility index (Phi) is 11.5. The minimum Gasteiger partial charge on any atom is -0.493 e. The summed E-state index contributed by atoms with van der Waals surface area (Å²) in [5.74, 6) is -0.662. The number of nitro benzene ring substituents is 1. The number of nitrogens with zero attached hydrogens (tertiary/aromatic N) is 2. The molecule has 1 heterocycles. The molecule has 5 rings (SSSR count). The third-order valence-electron chi connectivity index (χ3n) is 6.93. The molecule has 0 aliphatic heterocycles. The average molecular weight is 694 g/mol. The van der Waals surface area contributed by atoms with Crippen LogP contribution in [0.3, 0.4) is 0 Å². The van der Waals surface area contributed by atoms with E-state index >= 15 is 0 Å². The Labute approximate surface area is 290 Å². The van der Waals surface area contributed by atoms with E-state index in [0.29, 0.717) is 45.6 Å². The van der Waals surface area contributed by atoms with Gasteiger partial charge in [-0.25, -0.2) is 4.98 Å². The Balaban J connectivity index is 1.23. The number of nitrogens with one attached hydrogen (secondary N) is 3. The number of hydrogen-bond acceptors (Lipinski definition) is 9. The third-order valence-corrected chi connectivity index (χ3v) is 8.80. The highest BCUT2D eigenvalue weighted by Gasteiger charge is 2.19. The van der Waals surface area contributed by atoms with E-state index in [-0.39, 0.29) is 17.3 Å². The number of nitro groups is 1. The molecule has 1 atom stereocenters. The van der Waals surface area contributed by atoms with Gasteiger partial charge in [0.05, 0.1) is 22.5 Å². The maximum Gasteiger partial charge on any atom is 0.272 e. The molecule has 11 nitrogen and oxygen atoms in total. The highest BCUT2D eigenvalue weighted by atomic mass is 32.2. The van der Waals surface area contributed by atoms with Crippen molar-refractivity contribution in [1.29, 1.82) is 0 Å². The largest absolute Gasteiger partial charge is 0.493 e. The van der Waals surface area contributed by atoms with Crippen molar-refractivity contribution in [2.24, 2.45) is 0 Å². The summed E-state index contributed by atoms with van der Waals surface area (Å²) in [6, 6.07) is 29.0. The first-order chi connectivity index (χ1) is 23.7. The number of carbonyl (C=O) groups excluding carboxylic acids is 3. The van der Waals surface area contributed by atoms with E-state index in [1.807, 2.05) is 19.1 Å². The monoisotopic (exact) mass is 693 g/mol. The van der Waals surface area contributed by atoms with Crippen molar-refractivity contribution in [2.45, 2.75) is 24.0 Å². The van der Waals surface area contributed by atoms with E-state index in [9.17, 15) is 24.5 Å². The van der Waals surface area contributed by atoms with Gasteiger partial charge in [0.25, 0.3) is 17.5 Å². The molecule has 0 saturated heterocycles. The Hall–Kier alpha value is -5.79. The van der Waals surface area contributed by atoms with Crippen LogP contribution in [0.1, 0.15) is 29.8 Å². The van der Waals surface area contributed by atoms with E-state index in [4.69, 9.17) is 4.74 Å². The van der Waals surface area contributed by atoms with Gasteiger partial charge in [-0.1, -0.05) is 48.5 Å². The first-order valence-corrected chi connectivity index (χ1v) is 16.9. The summed E-state index contributed by atoms with van der Waals surface area (Å²) in [6.45, 7) is 4.06. The molecule has 0 radical (unpaired) electrons. The highest BCUT2D eigenvalue weighted by Crippen LogP contribution is 2.30. The zero-order valence-electron chi connectivity index (χ0n) is 26.4. The Morgan fingerprint density at radius 3 is 2.43 bits per heavy atom. The van der Waals surface area contributed by atoms with E-state index in [1.54, 1.807) is 97.2 Å². The standard InChI is InChI=1S/C36H31N5O6S2/c1-3-47-32-15-8-7-12-26(32)21-30(38-34(43)24-10-5-4-6-11-24)35(44)37-27-16-18-29(19-17-27)49-23(2)33(42)40-36-39-31(22-48-36)25-13-9-14-28(20-25)41(45)46/h4-23H,3H2,1-2H3,(H,37,44)(H,38,43)(H,39,40,42)/b30-21-. The van der Waals surface area contributed by atoms with Gasteiger partial charge >= 0.3 is 0 Å². The number of non-ortho nitro benzene ring substituents is 1. The van der Waals surface area contributed by atoms with Crippen molar-refractivity contribution >= 4 is 63.4 Å². The molecule has 3 N–H and O–H groups in total. The lowest BCUT2D eigenvalue weighted by molar-refractivity contribution is -0.384. The fourth-order valence-electron chi connectivity index (χ4n) is 4.51. The van der Waals surface area contributed by atoms with Crippen LogP contribution in [0.25, 0.3) is 17.3 Å². The molecule has 0 fully saturated rings. The van der Waals surface area contributed by atoms with Crippen molar-refractivity contribution < 1.29 is 24.0 Å². The summed E-state index contributed by atoms with van der Waals surface area (Å²) in [5, 5.41) is 21.1. The zero-order valence-corrected chi connectivity index (χ0v) is 28.0. The molecule has 4 aromatic carbocycles. The number of benzene rings is 4. The van der Waals surface area contributed by atoms with Gasteiger partial charge in [-0.2, -0.15) is 0 Å². The van der Waals surface area contributed by atoms with Gasteiger partial charge in [0.15, 0.2) is 5.13 Å². The predicted octanol–water partition coefficient (Wildman–Crippen LogP) is 7.65. The molecule has 0 saturated carbocycles. The number of para-hydroxylation sites is 1. The number of thioether (sulfide) groups is 1. The van der Waals surface area contributed by atoms with Crippen LogP contribution >= 0.6 is 23.1 Å². The number of ether oxygens (including phenoxy) is 1. The fourth-order valence-corrected chi connectivity index (χ4v) is 6.10. The van der Waals surface area contributed by atoms with Crippen molar-refractivity contribution in [3.05, 3.63) is 135 Å². The molecular weight excluding hydrogens is 663 g/mol. The van der Waals surface area contributed by atoms with Gasteiger partial charge in [0.2, 0.25) is 5.91 Å². The molecule has 49 heavy (non-hydrogen) atoms. The minimum atomic E-state index is -0.531. The lowest BCUT2D eigenvalue weighted by Crippen LogP contribution is -2.30. The van der Waals surface area contributed by atoms with Gasteiger partial charge in [-0.05, 0) is 62.4 Å². The number of anilines is 2. The average Bonchev–Trinajstić information content (AvgIpc) is 3.58. The Morgan fingerprint density at radius 2 is 1.69 bits per heavy atom. The van der Waals surface area contributed by atoms with Gasteiger partial charge in [-0.3, -0.25) is 24.5 Å². The summed E-state index contributed by atoms with van der Waals surface area (Å²) in [4.78, 5) is 55.3. The quantitative estimate of drug-likeness (QED) is 0.0492. The van der Waals surface area contributed by atoms with Crippen LogP contribution in [0, 0.1) is 10.1 Å². The van der Waals surface area contributed by atoms with Crippen LogP contribution in [0.2, 0.25) is 0 Å². The van der Waals surface area contributed by atoms with E-state index in [0.717, 1.165) is 4.90 Å². The SMILES string of the molecule is CCOc1ccccc1/C=C(\NC(=O)c1ccccc1)C(=O)Nc1ccc(SC(C)C(=O)Nc2nc(-c3cccc([N+](=O)[O-])c3)cs2)cc1. The third kappa shape index (κ3) is 9.40. The molecule has 0 aliphatic carbocycles. The van der Waals surface area contributed by atoms with E-state index in [1.165, 1.54) is 35.2 Å². The van der Waals surface area contributed by atoms with Gasteiger partial charge in [0, 0.05) is 44.8 Å². The molecule has 5 aromatic rings. The molecule has 248 valence electrons. The number of rotatable bonds is 13. The molecule has 0 aliphatic rings.